The molecular formula is C22H20FN3O4. The first-order valence-electron chi connectivity index (χ1n) is 9.19. The molecule has 0 saturated heterocycles. The van der Waals surface area contributed by atoms with Crippen LogP contribution in [0.2, 0.25) is 0 Å². The zero-order valence-corrected chi connectivity index (χ0v) is 16.1. The van der Waals surface area contributed by atoms with Gasteiger partial charge in [0.05, 0.1) is 24.4 Å². The minimum Gasteiger partial charge on any atom is -0.472 e. The third-order valence-electron chi connectivity index (χ3n) is 4.35. The Balaban J connectivity index is 1.49. The van der Waals surface area contributed by atoms with E-state index in [1.54, 1.807) is 24.3 Å². The van der Waals surface area contributed by atoms with E-state index in [1.165, 1.54) is 42.9 Å². The molecule has 0 aliphatic rings. The summed E-state index contributed by atoms with van der Waals surface area (Å²) in [6.07, 6.45) is 2.68. The van der Waals surface area contributed by atoms with Crippen LogP contribution < -0.4 is 16.0 Å². The van der Waals surface area contributed by atoms with Crippen molar-refractivity contribution in [2.75, 3.05) is 11.9 Å². The Kier molecular flexibility index (Phi) is 6.59. The second kappa shape index (κ2) is 9.51. The van der Waals surface area contributed by atoms with Crippen molar-refractivity contribution in [2.24, 2.45) is 0 Å². The van der Waals surface area contributed by atoms with Gasteiger partial charge in [0, 0.05) is 11.3 Å². The molecule has 3 amide bonds. The van der Waals surface area contributed by atoms with E-state index in [2.05, 4.69) is 16.0 Å². The molecule has 7 nitrogen and oxygen atoms in total. The van der Waals surface area contributed by atoms with Crippen LogP contribution in [0.1, 0.15) is 39.2 Å². The lowest BCUT2D eigenvalue weighted by atomic mass is 10.1. The molecule has 154 valence electrons. The van der Waals surface area contributed by atoms with E-state index >= 15 is 0 Å². The first-order valence-corrected chi connectivity index (χ1v) is 9.19. The SMILES string of the molecule is CC(NC(=O)CNC(=O)c1ccoc1)c1ccc(NC(=O)c2ccc(F)cc2)cc1. The highest BCUT2D eigenvalue weighted by Crippen LogP contribution is 2.17. The molecule has 3 rings (SSSR count). The van der Waals surface area contributed by atoms with Crippen molar-refractivity contribution in [3.05, 3.63) is 89.6 Å². The van der Waals surface area contributed by atoms with Gasteiger partial charge in [0.15, 0.2) is 0 Å². The number of carbonyl (C=O) groups is 3. The number of amides is 3. The molecule has 0 aliphatic carbocycles. The van der Waals surface area contributed by atoms with Gasteiger partial charge in [-0.1, -0.05) is 12.1 Å². The first-order chi connectivity index (χ1) is 14.4. The van der Waals surface area contributed by atoms with E-state index in [9.17, 15) is 18.8 Å². The third kappa shape index (κ3) is 5.54. The van der Waals surface area contributed by atoms with Crippen molar-refractivity contribution in [1.29, 1.82) is 0 Å². The second-order valence-electron chi connectivity index (χ2n) is 6.57. The zero-order valence-electron chi connectivity index (χ0n) is 16.1. The number of nitrogens with one attached hydrogen (secondary N) is 3. The fourth-order valence-corrected chi connectivity index (χ4v) is 2.69. The van der Waals surface area contributed by atoms with Crippen LogP contribution in [0.3, 0.4) is 0 Å². The van der Waals surface area contributed by atoms with Gasteiger partial charge >= 0.3 is 0 Å². The number of furan rings is 1. The van der Waals surface area contributed by atoms with Gasteiger partial charge in [-0.05, 0) is 55.0 Å². The quantitative estimate of drug-likeness (QED) is 0.558. The maximum Gasteiger partial charge on any atom is 0.255 e. The van der Waals surface area contributed by atoms with Crippen LogP contribution in [0.5, 0.6) is 0 Å². The zero-order chi connectivity index (χ0) is 21.5. The van der Waals surface area contributed by atoms with E-state index < -0.39 is 11.7 Å². The third-order valence-corrected chi connectivity index (χ3v) is 4.35. The van der Waals surface area contributed by atoms with E-state index in [0.29, 0.717) is 16.8 Å². The van der Waals surface area contributed by atoms with Gasteiger partial charge in [0.2, 0.25) is 5.91 Å². The average Bonchev–Trinajstić information content (AvgIpc) is 3.28. The molecule has 0 radical (unpaired) electrons. The van der Waals surface area contributed by atoms with Crippen molar-refractivity contribution in [1.82, 2.24) is 10.6 Å². The molecule has 0 fully saturated rings. The maximum atomic E-state index is 13.0. The van der Waals surface area contributed by atoms with Gasteiger partial charge in [-0.2, -0.15) is 0 Å². The summed E-state index contributed by atoms with van der Waals surface area (Å²) in [7, 11) is 0. The van der Waals surface area contributed by atoms with Gasteiger partial charge in [0.25, 0.3) is 11.8 Å². The van der Waals surface area contributed by atoms with Crippen molar-refractivity contribution in [3.8, 4) is 0 Å². The van der Waals surface area contributed by atoms with Gasteiger partial charge in [-0.15, -0.1) is 0 Å². The molecule has 0 saturated carbocycles. The summed E-state index contributed by atoms with van der Waals surface area (Å²) in [5.41, 5.74) is 2.08. The minimum absolute atomic E-state index is 0.167. The number of anilines is 1. The summed E-state index contributed by atoms with van der Waals surface area (Å²) in [4.78, 5) is 36.0. The Morgan fingerprint density at radius 1 is 0.933 bits per heavy atom. The van der Waals surface area contributed by atoms with Crippen LogP contribution in [0, 0.1) is 5.82 Å². The molecule has 1 atom stereocenters. The number of carbonyl (C=O) groups excluding carboxylic acids is 3. The lowest BCUT2D eigenvalue weighted by Gasteiger charge is -2.15. The predicted octanol–water partition coefficient (Wildman–Crippen LogP) is 3.28. The van der Waals surface area contributed by atoms with Crippen molar-refractivity contribution in [3.63, 3.8) is 0 Å². The van der Waals surface area contributed by atoms with Crippen LogP contribution in [0.25, 0.3) is 0 Å². The van der Waals surface area contributed by atoms with E-state index in [4.69, 9.17) is 4.42 Å². The Labute approximate surface area is 172 Å². The molecule has 1 unspecified atom stereocenters. The largest absolute Gasteiger partial charge is 0.472 e. The highest BCUT2D eigenvalue weighted by atomic mass is 19.1. The summed E-state index contributed by atoms with van der Waals surface area (Å²) >= 11 is 0. The molecular weight excluding hydrogens is 389 g/mol. The molecule has 8 heteroatoms. The lowest BCUT2D eigenvalue weighted by Crippen LogP contribution is -2.37. The van der Waals surface area contributed by atoms with E-state index in [1.807, 2.05) is 6.92 Å². The van der Waals surface area contributed by atoms with Crippen LogP contribution in [-0.2, 0) is 4.79 Å². The molecule has 3 N–H and O–H groups in total. The fraction of sp³-hybridized carbons (Fsp3) is 0.136. The Morgan fingerprint density at radius 3 is 2.27 bits per heavy atom. The van der Waals surface area contributed by atoms with Crippen molar-refractivity contribution < 1.29 is 23.2 Å². The normalized spacial score (nSPS) is 11.4. The van der Waals surface area contributed by atoms with Crippen LogP contribution in [0.4, 0.5) is 10.1 Å². The van der Waals surface area contributed by atoms with E-state index in [-0.39, 0.29) is 24.4 Å². The monoisotopic (exact) mass is 409 g/mol. The smallest absolute Gasteiger partial charge is 0.255 e. The molecule has 1 heterocycles. The number of hydrogen-bond donors (Lipinski definition) is 3. The van der Waals surface area contributed by atoms with Gasteiger partial charge in [-0.25, -0.2) is 4.39 Å². The van der Waals surface area contributed by atoms with Crippen molar-refractivity contribution in [2.45, 2.75) is 13.0 Å². The Hall–Kier alpha value is -3.94. The Bertz CT molecular complexity index is 1020. The summed E-state index contributed by atoms with van der Waals surface area (Å²) in [6.45, 7) is 1.64. The highest BCUT2D eigenvalue weighted by Gasteiger charge is 2.13. The molecule has 0 spiro atoms. The number of hydrogen-bond acceptors (Lipinski definition) is 4. The fourth-order valence-electron chi connectivity index (χ4n) is 2.69. The molecule has 3 aromatic rings. The lowest BCUT2D eigenvalue weighted by molar-refractivity contribution is -0.120. The summed E-state index contributed by atoms with van der Waals surface area (Å²) in [6, 6.07) is 13.4. The molecule has 2 aromatic carbocycles. The highest BCUT2D eigenvalue weighted by molar-refractivity contribution is 6.04. The van der Waals surface area contributed by atoms with Crippen LogP contribution >= 0.6 is 0 Å². The minimum atomic E-state index is -0.409. The summed E-state index contributed by atoms with van der Waals surface area (Å²) in [5.74, 6) is -1.49. The summed E-state index contributed by atoms with van der Waals surface area (Å²) in [5, 5.41) is 8.02. The molecule has 0 aliphatic heterocycles. The van der Waals surface area contributed by atoms with Gasteiger partial charge < -0.3 is 20.4 Å². The predicted molar refractivity (Wildman–Crippen MR) is 108 cm³/mol. The summed E-state index contributed by atoms with van der Waals surface area (Å²) < 4.78 is 17.8. The van der Waals surface area contributed by atoms with Gasteiger partial charge in [-0.3, -0.25) is 14.4 Å². The molecule has 1 aromatic heterocycles. The van der Waals surface area contributed by atoms with E-state index in [0.717, 1.165) is 5.56 Å². The van der Waals surface area contributed by atoms with Crippen LogP contribution in [0.15, 0.2) is 71.5 Å². The van der Waals surface area contributed by atoms with Gasteiger partial charge in [0.1, 0.15) is 12.1 Å². The van der Waals surface area contributed by atoms with Crippen LogP contribution in [-0.4, -0.2) is 24.3 Å². The Morgan fingerprint density at radius 2 is 1.63 bits per heavy atom. The molecule has 30 heavy (non-hydrogen) atoms. The first kappa shape index (κ1) is 20.8. The maximum absolute atomic E-state index is 13.0. The topological polar surface area (TPSA) is 100 Å². The molecule has 0 bridgehead atoms. The number of benzene rings is 2. The number of halogens is 1. The van der Waals surface area contributed by atoms with Crippen molar-refractivity contribution >= 4 is 23.4 Å². The second-order valence-corrected chi connectivity index (χ2v) is 6.57. The average molecular weight is 409 g/mol. The standard InChI is InChI=1S/C22H20FN3O4/c1-14(25-20(27)12-24-21(28)17-10-11-30-13-17)15-4-8-19(9-5-15)26-22(29)16-2-6-18(23)7-3-16/h2-11,13-14H,12H2,1H3,(H,24,28)(H,25,27)(H,26,29). The number of rotatable bonds is 7.